The summed E-state index contributed by atoms with van der Waals surface area (Å²) in [6.45, 7) is 8.54. The number of hydrogen-bond acceptors (Lipinski definition) is 3. The lowest BCUT2D eigenvalue weighted by molar-refractivity contribution is 0.306. The van der Waals surface area contributed by atoms with Gasteiger partial charge in [-0.1, -0.05) is 69.0 Å². The van der Waals surface area contributed by atoms with Crippen LogP contribution in [-0.2, 0) is 6.61 Å². The van der Waals surface area contributed by atoms with Crippen molar-refractivity contribution in [3.8, 4) is 17.2 Å². The number of ether oxygens (including phenoxy) is 1. The van der Waals surface area contributed by atoms with Crippen molar-refractivity contribution in [1.82, 2.24) is 0 Å². The SMILES string of the molecule is C=Cc1ccc(COc2ccc(O[PH](=CC(C)C)Oc3ccccc3)cc2)cc1. The smallest absolute Gasteiger partial charge is 0.206 e. The second-order valence-corrected chi connectivity index (χ2v) is 8.33. The zero-order chi connectivity index (χ0) is 20.5. The third-order valence-corrected chi connectivity index (χ3v) is 5.91. The Hall–Kier alpha value is -2.90. The van der Waals surface area contributed by atoms with E-state index in [0.29, 0.717) is 12.5 Å². The summed E-state index contributed by atoms with van der Waals surface area (Å²) in [5, 5.41) is 0. The monoisotopic (exact) mass is 406 g/mol. The van der Waals surface area contributed by atoms with E-state index in [1.807, 2.05) is 84.9 Å². The topological polar surface area (TPSA) is 27.7 Å². The quantitative estimate of drug-likeness (QED) is 0.363. The first-order valence-electron chi connectivity index (χ1n) is 9.69. The third-order valence-electron chi connectivity index (χ3n) is 4.09. The van der Waals surface area contributed by atoms with Gasteiger partial charge in [-0.15, -0.1) is 0 Å². The van der Waals surface area contributed by atoms with E-state index in [0.717, 1.165) is 28.4 Å². The Labute approximate surface area is 174 Å². The standard InChI is InChI=1S/C25H27O3P/c1-4-21-10-12-22(13-11-21)18-26-23-14-16-25(17-15-23)28-29(19-20(2)3)27-24-8-6-5-7-9-24/h4-17,19-20,29H,1,18H2,2-3H3. The minimum Gasteiger partial charge on any atom is -0.489 e. The molecular formula is C25H27O3P. The van der Waals surface area contributed by atoms with Crippen LogP contribution in [0, 0.1) is 5.92 Å². The molecule has 0 fully saturated rings. The summed E-state index contributed by atoms with van der Waals surface area (Å²) >= 11 is 0. The van der Waals surface area contributed by atoms with E-state index in [4.69, 9.17) is 13.8 Å². The van der Waals surface area contributed by atoms with Gasteiger partial charge in [-0.2, -0.15) is 0 Å². The van der Waals surface area contributed by atoms with E-state index in [1.165, 1.54) is 0 Å². The molecule has 0 aliphatic heterocycles. The van der Waals surface area contributed by atoms with E-state index in [9.17, 15) is 0 Å². The number of benzene rings is 3. The van der Waals surface area contributed by atoms with Crippen LogP contribution in [0.2, 0.25) is 0 Å². The first-order valence-corrected chi connectivity index (χ1v) is 11.1. The van der Waals surface area contributed by atoms with E-state index in [1.54, 1.807) is 0 Å². The maximum absolute atomic E-state index is 6.13. The molecule has 1 atom stereocenters. The summed E-state index contributed by atoms with van der Waals surface area (Å²) in [5.74, 6) is 4.91. The minimum atomic E-state index is -1.60. The highest BCUT2D eigenvalue weighted by Gasteiger charge is 2.04. The van der Waals surface area contributed by atoms with Crippen LogP contribution in [0.1, 0.15) is 25.0 Å². The summed E-state index contributed by atoms with van der Waals surface area (Å²) in [5.41, 5.74) is 2.22. The minimum absolute atomic E-state index is 0.377. The van der Waals surface area contributed by atoms with E-state index in [2.05, 4.69) is 26.2 Å². The molecule has 0 aliphatic carbocycles. The fourth-order valence-corrected chi connectivity index (χ4v) is 4.06. The van der Waals surface area contributed by atoms with E-state index < -0.39 is 8.00 Å². The van der Waals surface area contributed by atoms with Gasteiger partial charge in [0.15, 0.2) is 0 Å². The molecule has 3 aromatic rings. The van der Waals surface area contributed by atoms with Crippen LogP contribution in [0.3, 0.4) is 0 Å². The predicted octanol–water partition coefficient (Wildman–Crippen LogP) is 6.87. The van der Waals surface area contributed by atoms with Gasteiger partial charge in [0.25, 0.3) is 0 Å². The summed E-state index contributed by atoms with van der Waals surface area (Å²) in [7, 11) is -1.60. The maximum atomic E-state index is 6.13. The van der Waals surface area contributed by atoms with Gasteiger partial charge in [0.05, 0.1) is 0 Å². The molecule has 3 rings (SSSR count). The van der Waals surface area contributed by atoms with Crippen molar-refractivity contribution >= 4 is 19.9 Å². The largest absolute Gasteiger partial charge is 0.489 e. The van der Waals surface area contributed by atoms with E-state index >= 15 is 0 Å². The molecule has 0 saturated heterocycles. The lowest BCUT2D eigenvalue weighted by atomic mass is 10.1. The molecule has 1 unspecified atom stereocenters. The molecule has 0 bridgehead atoms. The zero-order valence-electron chi connectivity index (χ0n) is 16.9. The van der Waals surface area contributed by atoms with Crippen molar-refractivity contribution in [3.05, 3.63) is 96.6 Å². The van der Waals surface area contributed by atoms with Gasteiger partial charge in [0.2, 0.25) is 8.00 Å². The molecule has 0 amide bonds. The van der Waals surface area contributed by atoms with Crippen molar-refractivity contribution in [2.75, 3.05) is 0 Å². The second-order valence-electron chi connectivity index (χ2n) is 6.95. The number of hydrogen-bond donors (Lipinski definition) is 0. The Balaban J connectivity index is 1.60. The molecule has 0 saturated carbocycles. The maximum Gasteiger partial charge on any atom is 0.206 e. The summed E-state index contributed by atoms with van der Waals surface area (Å²) in [6, 6.07) is 25.6. The van der Waals surface area contributed by atoms with Gasteiger partial charge in [-0.3, -0.25) is 0 Å². The molecular weight excluding hydrogens is 379 g/mol. The Kier molecular flexibility index (Phi) is 7.61. The van der Waals surface area contributed by atoms with Gasteiger partial charge < -0.3 is 13.8 Å². The normalized spacial score (nSPS) is 11.8. The van der Waals surface area contributed by atoms with E-state index in [-0.39, 0.29) is 0 Å². The second kappa shape index (κ2) is 10.6. The fourth-order valence-electron chi connectivity index (χ4n) is 2.60. The fraction of sp³-hybridized carbons (Fsp3) is 0.160. The van der Waals surface area contributed by atoms with Crippen molar-refractivity contribution < 1.29 is 13.8 Å². The molecule has 0 N–H and O–H groups in total. The van der Waals surface area contributed by atoms with Gasteiger partial charge in [0, 0.05) is 0 Å². The highest BCUT2D eigenvalue weighted by molar-refractivity contribution is 7.48. The highest BCUT2D eigenvalue weighted by atomic mass is 31.1. The van der Waals surface area contributed by atoms with Gasteiger partial charge in [-0.05, 0) is 59.2 Å². The molecule has 3 nitrogen and oxygen atoms in total. The number of para-hydroxylation sites is 1. The van der Waals surface area contributed by atoms with Crippen molar-refractivity contribution in [3.63, 3.8) is 0 Å². The lowest BCUT2D eigenvalue weighted by Gasteiger charge is -2.15. The molecule has 0 heterocycles. The van der Waals surface area contributed by atoms with Crippen LogP contribution >= 0.6 is 8.00 Å². The Bertz CT molecular complexity index is 930. The first kappa shape index (κ1) is 20.8. The molecule has 0 aliphatic rings. The highest BCUT2D eigenvalue weighted by Crippen LogP contribution is 2.33. The summed E-state index contributed by atoms with van der Waals surface area (Å²) in [4.78, 5) is 0. The van der Waals surface area contributed by atoms with Crippen LogP contribution in [0.4, 0.5) is 0 Å². The van der Waals surface area contributed by atoms with Gasteiger partial charge in [-0.25, -0.2) is 0 Å². The zero-order valence-corrected chi connectivity index (χ0v) is 17.9. The van der Waals surface area contributed by atoms with Crippen LogP contribution in [-0.4, -0.2) is 5.80 Å². The van der Waals surface area contributed by atoms with Crippen molar-refractivity contribution in [2.45, 2.75) is 20.5 Å². The van der Waals surface area contributed by atoms with Crippen LogP contribution in [0.15, 0.2) is 85.4 Å². The average molecular weight is 406 g/mol. The Morgan fingerprint density at radius 1 is 0.793 bits per heavy atom. The average Bonchev–Trinajstić information content (AvgIpc) is 2.74. The Morgan fingerprint density at radius 2 is 1.38 bits per heavy atom. The third kappa shape index (κ3) is 6.89. The molecule has 0 spiro atoms. The van der Waals surface area contributed by atoms with Crippen LogP contribution < -0.4 is 13.8 Å². The lowest BCUT2D eigenvalue weighted by Crippen LogP contribution is -1.97. The molecule has 0 aromatic heterocycles. The molecule has 3 aromatic carbocycles. The summed E-state index contributed by atoms with van der Waals surface area (Å²) in [6.07, 6.45) is 1.83. The Morgan fingerprint density at radius 3 is 1.97 bits per heavy atom. The number of rotatable bonds is 9. The predicted molar refractivity (Wildman–Crippen MR) is 124 cm³/mol. The van der Waals surface area contributed by atoms with Gasteiger partial charge in [0.1, 0.15) is 23.9 Å². The molecule has 4 heteroatoms. The first-order chi connectivity index (χ1) is 14.1. The van der Waals surface area contributed by atoms with Crippen LogP contribution in [0.25, 0.3) is 6.08 Å². The van der Waals surface area contributed by atoms with Crippen molar-refractivity contribution in [1.29, 1.82) is 0 Å². The van der Waals surface area contributed by atoms with Gasteiger partial charge >= 0.3 is 0 Å². The summed E-state index contributed by atoms with van der Waals surface area (Å²) < 4.78 is 18.1. The van der Waals surface area contributed by atoms with Crippen molar-refractivity contribution in [2.24, 2.45) is 5.92 Å². The molecule has 150 valence electrons. The molecule has 29 heavy (non-hydrogen) atoms. The molecule has 0 radical (unpaired) electrons. The van der Waals surface area contributed by atoms with Crippen LogP contribution in [0.5, 0.6) is 17.2 Å².